The maximum Gasteiger partial charge on any atom is 0.132 e. The first-order valence-electron chi connectivity index (χ1n) is 3.99. The van der Waals surface area contributed by atoms with Gasteiger partial charge in [-0.05, 0) is 30.7 Å². The average Bonchev–Trinajstić information content (AvgIpc) is 2.11. The lowest BCUT2D eigenvalue weighted by atomic mass is 10.0. The smallest absolute Gasteiger partial charge is 0.132 e. The highest BCUT2D eigenvalue weighted by Gasteiger charge is 2.21. The van der Waals surface area contributed by atoms with Gasteiger partial charge >= 0.3 is 0 Å². The number of benzene rings is 1. The predicted molar refractivity (Wildman–Crippen MR) is 60.0 cm³/mol. The lowest BCUT2D eigenvalue weighted by Crippen LogP contribution is -2.16. The van der Waals surface area contributed by atoms with Crippen LogP contribution < -0.4 is 0 Å². The molecular formula is C10H8Cl3N. The highest BCUT2D eigenvalue weighted by Crippen LogP contribution is 2.27. The summed E-state index contributed by atoms with van der Waals surface area (Å²) in [5, 5.41) is 9.93. The fourth-order valence-electron chi connectivity index (χ4n) is 1.08. The number of nitriles is 1. The highest BCUT2D eigenvalue weighted by atomic mass is 35.5. The number of alkyl halides is 1. The second kappa shape index (κ2) is 4.40. The van der Waals surface area contributed by atoms with E-state index in [1.165, 1.54) is 0 Å². The van der Waals surface area contributed by atoms with Gasteiger partial charge in [0, 0.05) is 16.5 Å². The molecule has 0 radical (unpaired) electrons. The van der Waals surface area contributed by atoms with Gasteiger partial charge in [-0.3, -0.25) is 0 Å². The molecular weight excluding hydrogens is 240 g/mol. The van der Waals surface area contributed by atoms with Crippen LogP contribution in [-0.2, 0) is 6.42 Å². The van der Waals surface area contributed by atoms with E-state index in [1.54, 1.807) is 25.1 Å². The Balaban J connectivity index is 2.98. The SMILES string of the molecule is C[C@@](Cl)(C#N)Cc1cc(Cl)ccc1Cl. The number of hydrogen-bond donors (Lipinski definition) is 0. The van der Waals surface area contributed by atoms with Crippen molar-refractivity contribution >= 4 is 34.8 Å². The first-order chi connectivity index (χ1) is 6.44. The summed E-state index contributed by atoms with van der Waals surface area (Å²) < 4.78 is 0. The van der Waals surface area contributed by atoms with Crippen LogP contribution in [0.2, 0.25) is 10.0 Å². The van der Waals surface area contributed by atoms with Crippen LogP contribution in [-0.4, -0.2) is 4.87 Å². The first-order valence-corrected chi connectivity index (χ1v) is 5.12. The van der Waals surface area contributed by atoms with E-state index >= 15 is 0 Å². The van der Waals surface area contributed by atoms with Gasteiger partial charge in [-0.25, -0.2) is 0 Å². The zero-order valence-corrected chi connectivity index (χ0v) is 9.79. The van der Waals surface area contributed by atoms with Crippen molar-refractivity contribution < 1.29 is 0 Å². The summed E-state index contributed by atoms with van der Waals surface area (Å²) in [5.74, 6) is 0. The Morgan fingerprint density at radius 2 is 2.07 bits per heavy atom. The normalized spacial score (nSPS) is 14.5. The van der Waals surface area contributed by atoms with Crippen molar-refractivity contribution in [1.29, 1.82) is 5.26 Å². The zero-order chi connectivity index (χ0) is 10.8. The van der Waals surface area contributed by atoms with Gasteiger partial charge in [0.15, 0.2) is 0 Å². The van der Waals surface area contributed by atoms with Crippen LogP contribution in [0.4, 0.5) is 0 Å². The van der Waals surface area contributed by atoms with Crippen LogP contribution in [0.15, 0.2) is 18.2 Å². The van der Waals surface area contributed by atoms with E-state index in [-0.39, 0.29) is 0 Å². The largest absolute Gasteiger partial charge is 0.196 e. The molecule has 0 aliphatic rings. The van der Waals surface area contributed by atoms with E-state index in [1.807, 2.05) is 6.07 Å². The molecule has 14 heavy (non-hydrogen) atoms. The third-order valence-electron chi connectivity index (χ3n) is 1.76. The molecule has 0 amide bonds. The fraction of sp³-hybridized carbons (Fsp3) is 0.300. The van der Waals surface area contributed by atoms with Crippen molar-refractivity contribution in [2.24, 2.45) is 0 Å². The summed E-state index contributed by atoms with van der Waals surface area (Å²) in [6.07, 6.45) is 0.379. The van der Waals surface area contributed by atoms with Gasteiger partial charge in [0.1, 0.15) is 4.87 Å². The molecule has 1 aromatic carbocycles. The molecule has 1 atom stereocenters. The number of nitrogens with zero attached hydrogens (tertiary/aromatic N) is 1. The fourth-order valence-corrected chi connectivity index (χ4v) is 1.60. The summed E-state index contributed by atoms with van der Waals surface area (Å²) in [5.41, 5.74) is 0.790. The molecule has 0 saturated heterocycles. The zero-order valence-electron chi connectivity index (χ0n) is 7.52. The molecule has 0 aliphatic heterocycles. The second-order valence-electron chi connectivity index (χ2n) is 3.22. The van der Waals surface area contributed by atoms with Gasteiger partial charge in [-0.2, -0.15) is 5.26 Å². The van der Waals surface area contributed by atoms with Gasteiger partial charge < -0.3 is 0 Å². The number of hydrogen-bond acceptors (Lipinski definition) is 1. The monoisotopic (exact) mass is 247 g/mol. The van der Waals surface area contributed by atoms with Crippen LogP contribution in [0, 0.1) is 11.3 Å². The Bertz CT molecular complexity index is 379. The molecule has 0 saturated carbocycles. The average molecular weight is 249 g/mol. The molecule has 1 nitrogen and oxygen atoms in total. The van der Waals surface area contributed by atoms with E-state index in [0.29, 0.717) is 16.5 Å². The first kappa shape index (κ1) is 11.7. The Labute approximate surface area is 98.2 Å². The van der Waals surface area contributed by atoms with Crippen molar-refractivity contribution in [2.45, 2.75) is 18.2 Å². The van der Waals surface area contributed by atoms with Crippen LogP contribution >= 0.6 is 34.8 Å². The molecule has 0 spiro atoms. The van der Waals surface area contributed by atoms with Gasteiger partial charge in [0.25, 0.3) is 0 Å². The topological polar surface area (TPSA) is 23.8 Å². The summed E-state index contributed by atoms with van der Waals surface area (Å²) >= 11 is 17.7. The third-order valence-corrected chi connectivity index (χ3v) is 2.59. The van der Waals surface area contributed by atoms with Crippen LogP contribution in [0.25, 0.3) is 0 Å². The minimum absolute atomic E-state index is 0.379. The molecule has 1 rings (SSSR count). The maximum absolute atomic E-state index is 8.76. The number of halogens is 3. The highest BCUT2D eigenvalue weighted by molar-refractivity contribution is 6.33. The maximum atomic E-state index is 8.76. The van der Waals surface area contributed by atoms with Crippen molar-refractivity contribution in [2.75, 3.05) is 0 Å². The summed E-state index contributed by atoms with van der Waals surface area (Å²) in [7, 11) is 0. The molecule has 0 heterocycles. The lowest BCUT2D eigenvalue weighted by molar-refractivity contribution is 0.783. The van der Waals surface area contributed by atoms with Gasteiger partial charge in [-0.15, -0.1) is 11.6 Å². The Hall–Kier alpha value is -0.420. The minimum Gasteiger partial charge on any atom is -0.196 e. The molecule has 0 bridgehead atoms. The Kier molecular flexibility index (Phi) is 3.66. The molecule has 0 N–H and O–H groups in total. The molecule has 0 aliphatic carbocycles. The van der Waals surface area contributed by atoms with Crippen molar-refractivity contribution in [3.05, 3.63) is 33.8 Å². The molecule has 0 fully saturated rings. The molecule has 1 aromatic rings. The second-order valence-corrected chi connectivity index (χ2v) is 4.90. The third kappa shape index (κ3) is 3.06. The Morgan fingerprint density at radius 3 is 2.64 bits per heavy atom. The van der Waals surface area contributed by atoms with Gasteiger partial charge in [-0.1, -0.05) is 23.2 Å². The number of rotatable bonds is 2. The van der Waals surface area contributed by atoms with Gasteiger partial charge in [0.05, 0.1) is 6.07 Å². The van der Waals surface area contributed by atoms with Crippen LogP contribution in [0.5, 0.6) is 0 Å². The van der Waals surface area contributed by atoms with Crippen molar-refractivity contribution in [3.8, 4) is 6.07 Å². The molecule has 0 aromatic heterocycles. The van der Waals surface area contributed by atoms with E-state index in [2.05, 4.69) is 0 Å². The summed E-state index contributed by atoms with van der Waals surface area (Å²) in [6, 6.07) is 7.12. The van der Waals surface area contributed by atoms with Crippen molar-refractivity contribution in [1.82, 2.24) is 0 Å². The van der Waals surface area contributed by atoms with E-state index in [9.17, 15) is 0 Å². The predicted octanol–water partition coefficient (Wildman–Crippen LogP) is 4.06. The quantitative estimate of drug-likeness (QED) is 0.724. The molecule has 4 heteroatoms. The van der Waals surface area contributed by atoms with E-state index in [0.717, 1.165) is 5.56 Å². The summed E-state index contributed by atoms with van der Waals surface area (Å²) in [6.45, 7) is 1.64. The molecule has 74 valence electrons. The summed E-state index contributed by atoms with van der Waals surface area (Å²) in [4.78, 5) is -0.936. The van der Waals surface area contributed by atoms with E-state index < -0.39 is 4.87 Å². The van der Waals surface area contributed by atoms with Crippen molar-refractivity contribution in [3.63, 3.8) is 0 Å². The lowest BCUT2D eigenvalue weighted by Gasteiger charge is -2.13. The Morgan fingerprint density at radius 1 is 1.43 bits per heavy atom. The van der Waals surface area contributed by atoms with Gasteiger partial charge in [0.2, 0.25) is 0 Å². The minimum atomic E-state index is -0.936. The van der Waals surface area contributed by atoms with Crippen LogP contribution in [0.3, 0.4) is 0 Å². The van der Waals surface area contributed by atoms with Crippen LogP contribution in [0.1, 0.15) is 12.5 Å². The molecule has 0 unspecified atom stereocenters. The van der Waals surface area contributed by atoms with E-state index in [4.69, 9.17) is 40.1 Å². The standard InChI is InChI=1S/C10H8Cl3N/c1-10(13,6-14)5-7-4-8(11)2-3-9(7)12/h2-4H,5H2,1H3/t10-/m0/s1.